The van der Waals surface area contributed by atoms with Crippen molar-refractivity contribution in [2.45, 2.75) is 32.1 Å². The van der Waals surface area contributed by atoms with Crippen LogP contribution in [-0.2, 0) is 11.2 Å². The minimum atomic E-state index is 0.254. The van der Waals surface area contributed by atoms with Gasteiger partial charge in [0, 0.05) is 25.3 Å². The van der Waals surface area contributed by atoms with Gasteiger partial charge < -0.3 is 15.5 Å². The lowest BCUT2D eigenvalue weighted by molar-refractivity contribution is -0.131. The number of nitrogens with zero attached hydrogens (tertiary/aromatic N) is 2. The van der Waals surface area contributed by atoms with Crippen LogP contribution in [0.4, 0.5) is 5.69 Å². The molecule has 2 saturated heterocycles. The van der Waals surface area contributed by atoms with Crippen LogP contribution in [0.3, 0.4) is 0 Å². The standard InChI is InChI=1S/C18H27N3O/c19-17-5-3-15(4-6-17)13-18(22)21-11-7-16(8-12-21)14-20-9-1-2-10-20/h3-6,16H,1-2,7-14,19H2. The van der Waals surface area contributed by atoms with Crippen molar-refractivity contribution in [1.82, 2.24) is 9.80 Å². The van der Waals surface area contributed by atoms with Crippen LogP contribution in [0, 0.1) is 5.92 Å². The molecular formula is C18H27N3O. The van der Waals surface area contributed by atoms with Crippen LogP contribution in [0.5, 0.6) is 0 Å². The van der Waals surface area contributed by atoms with E-state index in [-0.39, 0.29) is 5.91 Å². The predicted molar refractivity (Wildman–Crippen MR) is 89.5 cm³/mol. The smallest absolute Gasteiger partial charge is 0.226 e. The van der Waals surface area contributed by atoms with E-state index in [4.69, 9.17) is 5.73 Å². The third kappa shape index (κ3) is 4.01. The molecule has 0 spiro atoms. The molecule has 1 aromatic rings. The van der Waals surface area contributed by atoms with Crippen molar-refractivity contribution in [3.05, 3.63) is 29.8 Å². The summed E-state index contributed by atoms with van der Waals surface area (Å²) in [5, 5.41) is 0. The molecular weight excluding hydrogens is 274 g/mol. The Morgan fingerprint density at radius 3 is 2.32 bits per heavy atom. The lowest BCUT2D eigenvalue weighted by Crippen LogP contribution is -2.41. The molecule has 3 rings (SSSR count). The lowest BCUT2D eigenvalue weighted by atomic mass is 9.96. The summed E-state index contributed by atoms with van der Waals surface area (Å²) >= 11 is 0. The van der Waals surface area contributed by atoms with Gasteiger partial charge in [-0.05, 0) is 62.4 Å². The molecule has 0 radical (unpaired) electrons. The number of piperidine rings is 1. The Morgan fingerprint density at radius 1 is 1.05 bits per heavy atom. The number of likely N-dealkylation sites (tertiary alicyclic amines) is 2. The number of carbonyl (C=O) groups excluding carboxylic acids is 1. The fraction of sp³-hybridized carbons (Fsp3) is 0.611. The highest BCUT2D eigenvalue weighted by Crippen LogP contribution is 2.21. The van der Waals surface area contributed by atoms with E-state index in [0.29, 0.717) is 6.42 Å². The van der Waals surface area contributed by atoms with Gasteiger partial charge in [0.25, 0.3) is 0 Å². The van der Waals surface area contributed by atoms with E-state index in [1.54, 1.807) is 0 Å². The van der Waals surface area contributed by atoms with Crippen molar-refractivity contribution in [2.24, 2.45) is 5.92 Å². The van der Waals surface area contributed by atoms with Crippen LogP contribution in [0.15, 0.2) is 24.3 Å². The van der Waals surface area contributed by atoms with Gasteiger partial charge in [-0.25, -0.2) is 0 Å². The maximum absolute atomic E-state index is 12.4. The number of rotatable bonds is 4. The quantitative estimate of drug-likeness (QED) is 0.867. The average Bonchev–Trinajstić information content (AvgIpc) is 3.03. The largest absolute Gasteiger partial charge is 0.399 e. The number of nitrogen functional groups attached to an aromatic ring is 1. The van der Waals surface area contributed by atoms with E-state index in [0.717, 1.165) is 43.1 Å². The van der Waals surface area contributed by atoms with Gasteiger partial charge in [0.2, 0.25) is 5.91 Å². The third-order valence-electron chi connectivity index (χ3n) is 5.02. The van der Waals surface area contributed by atoms with E-state index < -0.39 is 0 Å². The number of carbonyl (C=O) groups is 1. The summed E-state index contributed by atoms with van der Waals surface area (Å²) in [5.41, 5.74) is 7.49. The molecule has 4 nitrogen and oxygen atoms in total. The highest BCUT2D eigenvalue weighted by molar-refractivity contribution is 5.79. The van der Waals surface area contributed by atoms with Gasteiger partial charge >= 0.3 is 0 Å². The minimum absolute atomic E-state index is 0.254. The molecule has 2 N–H and O–H groups in total. The zero-order valence-corrected chi connectivity index (χ0v) is 13.3. The van der Waals surface area contributed by atoms with E-state index in [9.17, 15) is 4.79 Å². The van der Waals surface area contributed by atoms with Crippen molar-refractivity contribution in [3.63, 3.8) is 0 Å². The van der Waals surface area contributed by atoms with Crippen LogP contribution in [0.2, 0.25) is 0 Å². The van der Waals surface area contributed by atoms with Gasteiger partial charge in [0.15, 0.2) is 0 Å². The summed E-state index contributed by atoms with van der Waals surface area (Å²) < 4.78 is 0. The second-order valence-electron chi connectivity index (χ2n) is 6.75. The number of anilines is 1. The monoisotopic (exact) mass is 301 g/mol. The first kappa shape index (κ1) is 15.3. The Bertz CT molecular complexity index is 486. The highest BCUT2D eigenvalue weighted by atomic mass is 16.2. The van der Waals surface area contributed by atoms with Crippen LogP contribution in [0.1, 0.15) is 31.2 Å². The van der Waals surface area contributed by atoms with Gasteiger partial charge in [0.1, 0.15) is 0 Å². The van der Waals surface area contributed by atoms with Crippen molar-refractivity contribution in [1.29, 1.82) is 0 Å². The van der Waals surface area contributed by atoms with Crippen LogP contribution >= 0.6 is 0 Å². The van der Waals surface area contributed by atoms with E-state index in [2.05, 4.69) is 4.90 Å². The Balaban J connectivity index is 1.44. The second kappa shape index (κ2) is 7.14. The topological polar surface area (TPSA) is 49.6 Å². The fourth-order valence-corrected chi connectivity index (χ4v) is 3.62. The van der Waals surface area contributed by atoms with E-state index >= 15 is 0 Å². The summed E-state index contributed by atoms with van der Waals surface area (Å²) in [6.07, 6.45) is 5.53. The molecule has 0 saturated carbocycles. The zero-order chi connectivity index (χ0) is 15.4. The highest BCUT2D eigenvalue weighted by Gasteiger charge is 2.25. The predicted octanol–water partition coefficient (Wildman–Crippen LogP) is 2.15. The van der Waals surface area contributed by atoms with Gasteiger partial charge in [0.05, 0.1) is 6.42 Å². The van der Waals surface area contributed by atoms with Crippen molar-refractivity contribution < 1.29 is 4.79 Å². The van der Waals surface area contributed by atoms with E-state index in [1.807, 2.05) is 29.2 Å². The Morgan fingerprint density at radius 2 is 1.68 bits per heavy atom. The van der Waals surface area contributed by atoms with Gasteiger partial charge in [-0.2, -0.15) is 0 Å². The Labute approximate surface area is 133 Å². The fourth-order valence-electron chi connectivity index (χ4n) is 3.62. The van der Waals surface area contributed by atoms with Crippen LogP contribution in [-0.4, -0.2) is 48.4 Å². The SMILES string of the molecule is Nc1ccc(CC(=O)N2CCC(CN3CCCC3)CC2)cc1. The Kier molecular flexibility index (Phi) is 4.98. The summed E-state index contributed by atoms with van der Waals surface area (Å²) in [6, 6.07) is 7.64. The average molecular weight is 301 g/mol. The summed E-state index contributed by atoms with van der Waals surface area (Å²) in [5.74, 6) is 1.03. The van der Waals surface area contributed by atoms with Crippen LogP contribution < -0.4 is 5.73 Å². The molecule has 0 unspecified atom stereocenters. The molecule has 22 heavy (non-hydrogen) atoms. The maximum Gasteiger partial charge on any atom is 0.226 e. The Hall–Kier alpha value is -1.55. The molecule has 2 aliphatic heterocycles. The molecule has 2 heterocycles. The first-order valence-corrected chi connectivity index (χ1v) is 8.55. The minimum Gasteiger partial charge on any atom is -0.399 e. The molecule has 0 aromatic heterocycles. The molecule has 0 bridgehead atoms. The summed E-state index contributed by atoms with van der Waals surface area (Å²) in [4.78, 5) is 17.0. The molecule has 1 aromatic carbocycles. The summed E-state index contributed by atoms with van der Waals surface area (Å²) in [7, 11) is 0. The van der Waals surface area contributed by atoms with Gasteiger partial charge in [-0.15, -0.1) is 0 Å². The number of amides is 1. The molecule has 1 amide bonds. The molecule has 2 fully saturated rings. The summed E-state index contributed by atoms with van der Waals surface area (Å²) in [6.45, 7) is 5.63. The van der Waals surface area contributed by atoms with E-state index in [1.165, 1.54) is 32.5 Å². The number of nitrogens with two attached hydrogens (primary N) is 1. The van der Waals surface area contributed by atoms with Crippen molar-refractivity contribution in [2.75, 3.05) is 38.5 Å². The molecule has 120 valence electrons. The molecule has 2 aliphatic rings. The first-order chi connectivity index (χ1) is 10.7. The van der Waals surface area contributed by atoms with Gasteiger partial charge in [-0.3, -0.25) is 4.79 Å². The number of benzene rings is 1. The zero-order valence-electron chi connectivity index (χ0n) is 13.3. The molecule has 0 atom stereocenters. The van der Waals surface area contributed by atoms with Gasteiger partial charge in [-0.1, -0.05) is 12.1 Å². The number of hydrogen-bond acceptors (Lipinski definition) is 3. The number of hydrogen-bond donors (Lipinski definition) is 1. The first-order valence-electron chi connectivity index (χ1n) is 8.55. The maximum atomic E-state index is 12.4. The molecule has 0 aliphatic carbocycles. The molecule has 4 heteroatoms. The second-order valence-corrected chi connectivity index (χ2v) is 6.75. The lowest BCUT2D eigenvalue weighted by Gasteiger charge is -2.34. The normalized spacial score (nSPS) is 20.5. The van der Waals surface area contributed by atoms with Crippen molar-refractivity contribution >= 4 is 11.6 Å². The van der Waals surface area contributed by atoms with Crippen LogP contribution in [0.25, 0.3) is 0 Å². The van der Waals surface area contributed by atoms with Crippen molar-refractivity contribution in [3.8, 4) is 0 Å². The third-order valence-corrected chi connectivity index (χ3v) is 5.02.